The molecule has 1 saturated carbocycles. The number of halogens is 1. The van der Waals surface area contributed by atoms with Crippen LogP contribution >= 0.6 is 0 Å². The summed E-state index contributed by atoms with van der Waals surface area (Å²) in [6.45, 7) is 6.01. The zero-order chi connectivity index (χ0) is 23.8. The van der Waals surface area contributed by atoms with Gasteiger partial charge in [-0.2, -0.15) is 0 Å². The number of unbranched alkanes of at least 4 members (excludes halogenated alkanes) is 3. The fraction of sp³-hybridized carbons (Fsp3) is 0.613. The Kier molecular flexibility index (Phi) is 9.58. The molecule has 2 nitrogen and oxygen atoms in total. The molecule has 34 heavy (non-hydrogen) atoms. The molecule has 0 atom stereocenters. The lowest BCUT2D eigenvalue weighted by atomic mass is 9.77. The highest BCUT2D eigenvalue weighted by Crippen LogP contribution is 2.39. The van der Waals surface area contributed by atoms with Gasteiger partial charge in [-0.1, -0.05) is 88.8 Å². The molecule has 0 aromatic heterocycles. The average molecular weight is 467 g/mol. The highest BCUT2D eigenvalue weighted by molar-refractivity contribution is 5.65. The molecule has 0 bridgehead atoms. The summed E-state index contributed by atoms with van der Waals surface area (Å²) in [6, 6.07) is 13.9. The molecule has 0 amide bonds. The minimum absolute atomic E-state index is 0.113. The van der Waals surface area contributed by atoms with Crippen LogP contribution < -0.4 is 0 Å². The van der Waals surface area contributed by atoms with Crippen LogP contribution in [0, 0.1) is 17.7 Å². The lowest BCUT2D eigenvalue weighted by Crippen LogP contribution is -2.27. The second-order valence-electron chi connectivity index (χ2n) is 10.6. The molecule has 1 aliphatic carbocycles. The van der Waals surface area contributed by atoms with E-state index in [9.17, 15) is 0 Å². The van der Waals surface area contributed by atoms with E-state index >= 15 is 4.39 Å². The van der Waals surface area contributed by atoms with Crippen LogP contribution in [0.1, 0.15) is 108 Å². The largest absolute Gasteiger partial charge is 0.348 e. The Morgan fingerprint density at radius 1 is 0.735 bits per heavy atom. The van der Waals surface area contributed by atoms with Gasteiger partial charge >= 0.3 is 0 Å². The monoisotopic (exact) mass is 466 g/mol. The molecule has 3 heteroatoms. The van der Waals surface area contributed by atoms with Gasteiger partial charge in [0.15, 0.2) is 6.29 Å². The maximum absolute atomic E-state index is 15.1. The number of rotatable bonds is 10. The van der Waals surface area contributed by atoms with Crippen molar-refractivity contribution in [3.05, 3.63) is 59.4 Å². The number of benzene rings is 2. The first kappa shape index (κ1) is 25.4. The zero-order valence-corrected chi connectivity index (χ0v) is 21.2. The molecule has 2 aliphatic rings. The molecule has 1 aliphatic heterocycles. The van der Waals surface area contributed by atoms with Gasteiger partial charge in [0, 0.05) is 17.0 Å². The summed E-state index contributed by atoms with van der Waals surface area (Å²) >= 11 is 0. The van der Waals surface area contributed by atoms with E-state index in [0.717, 1.165) is 30.3 Å². The maximum atomic E-state index is 15.1. The van der Waals surface area contributed by atoms with Crippen LogP contribution in [0.5, 0.6) is 0 Å². The van der Waals surface area contributed by atoms with E-state index < -0.39 is 0 Å². The van der Waals surface area contributed by atoms with Crippen LogP contribution in [0.15, 0.2) is 42.5 Å². The van der Waals surface area contributed by atoms with Gasteiger partial charge in [0.2, 0.25) is 0 Å². The van der Waals surface area contributed by atoms with Crippen molar-refractivity contribution in [2.75, 3.05) is 13.2 Å². The second-order valence-corrected chi connectivity index (χ2v) is 10.6. The topological polar surface area (TPSA) is 18.5 Å². The standard InChI is InChI=1S/C31H43FO2/c1-3-5-7-9-24-21-33-31(34-22-24)27-16-14-26(15-17-27)29-19-18-28(20-30(29)32)25-12-10-23(11-13-25)8-6-4-2/h14-20,23-25,31H,3-13,21-22H2,1-2H3/t23?,24-,25?,31-. The van der Waals surface area contributed by atoms with Crippen molar-refractivity contribution in [1.29, 1.82) is 0 Å². The van der Waals surface area contributed by atoms with Crippen molar-refractivity contribution >= 4 is 0 Å². The lowest BCUT2D eigenvalue weighted by Gasteiger charge is -2.30. The lowest BCUT2D eigenvalue weighted by molar-refractivity contribution is -0.206. The van der Waals surface area contributed by atoms with E-state index in [4.69, 9.17) is 9.47 Å². The van der Waals surface area contributed by atoms with Crippen LogP contribution in [-0.2, 0) is 9.47 Å². The van der Waals surface area contributed by atoms with Crippen LogP contribution in [-0.4, -0.2) is 13.2 Å². The third-order valence-corrected chi connectivity index (χ3v) is 7.95. The van der Waals surface area contributed by atoms with E-state index in [1.54, 1.807) is 6.07 Å². The highest BCUT2D eigenvalue weighted by Gasteiger charge is 2.24. The van der Waals surface area contributed by atoms with Gasteiger partial charge in [-0.25, -0.2) is 4.39 Å². The molecule has 0 N–H and O–H groups in total. The Morgan fingerprint density at radius 3 is 2.03 bits per heavy atom. The molecule has 0 unspecified atom stereocenters. The molecule has 1 heterocycles. The summed E-state index contributed by atoms with van der Waals surface area (Å²) in [7, 11) is 0. The van der Waals surface area contributed by atoms with Crippen molar-refractivity contribution in [3.63, 3.8) is 0 Å². The van der Waals surface area contributed by atoms with Gasteiger partial charge in [0.05, 0.1) is 13.2 Å². The van der Waals surface area contributed by atoms with Gasteiger partial charge in [-0.3, -0.25) is 0 Å². The Labute approximate surface area is 206 Å². The van der Waals surface area contributed by atoms with Crippen molar-refractivity contribution in [3.8, 4) is 11.1 Å². The smallest absolute Gasteiger partial charge is 0.183 e. The summed E-state index contributed by atoms with van der Waals surface area (Å²) in [5.41, 5.74) is 3.76. The van der Waals surface area contributed by atoms with Crippen molar-refractivity contribution in [1.82, 2.24) is 0 Å². The Balaban J connectivity index is 1.32. The third kappa shape index (κ3) is 6.70. The molecular weight excluding hydrogens is 423 g/mol. The Bertz CT molecular complexity index is 862. The first-order valence-electron chi connectivity index (χ1n) is 13.8. The summed E-state index contributed by atoms with van der Waals surface area (Å²) < 4.78 is 27.1. The summed E-state index contributed by atoms with van der Waals surface area (Å²) in [4.78, 5) is 0. The molecule has 0 spiro atoms. The normalized spacial score (nSPS) is 25.4. The zero-order valence-electron chi connectivity index (χ0n) is 21.2. The number of hydrogen-bond donors (Lipinski definition) is 0. The van der Waals surface area contributed by atoms with Gasteiger partial charge in [-0.05, 0) is 61.1 Å². The summed E-state index contributed by atoms with van der Waals surface area (Å²) in [6.07, 6.45) is 13.6. The van der Waals surface area contributed by atoms with Crippen LogP contribution in [0.2, 0.25) is 0 Å². The van der Waals surface area contributed by atoms with E-state index in [0.29, 0.717) is 17.4 Å². The van der Waals surface area contributed by atoms with E-state index in [-0.39, 0.29) is 12.1 Å². The van der Waals surface area contributed by atoms with Gasteiger partial charge in [0.25, 0.3) is 0 Å². The van der Waals surface area contributed by atoms with Crippen molar-refractivity contribution in [2.45, 2.75) is 96.7 Å². The van der Waals surface area contributed by atoms with Crippen LogP contribution in [0.3, 0.4) is 0 Å². The molecule has 1 saturated heterocycles. The fourth-order valence-corrected chi connectivity index (χ4v) is 5.70. The SMILES string of the molecule is CCCCC[C@H]1CO[C@H](c2ccc(-c3ccc(C4CCC(CCCC)CC4)cc3F)cc2)OC1. The van der Waals surface area contributed by atoms with Gasteiger partial charge in [0.1, 0.15) is 5.82 Å². The number of hydrogen-bond acceptors (Lipinski definition) is 2. The molecule has 2 fully saturated rings. The van der Waals surface area contributed by atoms with Gasteiger partial charge < -0.3 is 9.47 Å². The van der Waals surface area contributed by atoms with Gasteiger partial charge in [-0.15, -0.1) is 0 Å². The van der Waals surface area contributed by atoms with Crippen LogP contribution in [0.25, 0.3) is 11.1 Å². The quantitative estimate of drug-likeness (QED) is 0.325. The third-order valence-electron chi connectivity index (χ3n) is 7.95. The van der Waals surface area contributed by atoms with E-state index in [1.165, 1.54) is 76.2 Å². The summed E-state index contributed by atoms with van der Waals surface area (Å²) in [5.74, 6) is 1.78. The predicted molar refractivity (Wildman–Crippen MR) is 138 cm³/mol. The average Bonchev–Trinajstić information content (AvgIpc) is 2.88. The minimum atomic E-state index is -0.309. The van der Waals surface area contributed by atoms with Crippen molar-refractivity contribution < 1.29 is 13.9 Å². The minimum Gasteiger partial charge on any atom is -0.348 e. The summed E-state index contributed by atoms with van der Waals surface area (Å²) in [5, 5.41) is 0. The fourth-order valence-electron chi connectivity index (χ4n) is 5.70. The molecule has 2 aromatic carbocycles. The molecule has 0 radical (unpaired) electrons. The maximum Gasteiger partial charge on any atom is 0.183 e. The van der Waals surface area contributed by atoms with Crippen LogP contribution in [0.4, 0.5) is 4.39 Å². The first-order chi connectivity index (χ1) is 16.7. The molecule has 2 aromatic rings. The van der Waals surface area contributed by atoms with E-state index in [2.05, 4.69) is 19.9 Å². The Morgan fingerprint density at radius 2 is 1.38 bits per heavy atom. The van der Waals surface area contributed by atoms with Crippen molar-refractivity contribution in [2.24, 2.45) is 11.8 Å². The second kappa shape index (κ2) is 12.8. The first-order valence-corrected chi connectivity index (χ1v) is 13.8. The predicted octanol–water partition coefficient (Wildman–Crippen LogP) is 9.20. The molecular formula is C31H43FO2. The highest BCUT2D eigenvalue weighted by atomic mass is 19.1. The Hall–Kier alpha value is -1.71. The molecule has 186 valence electrons. The van der Waals surface area contributed by atoms with E-state index in [1.807, 2.05) is 30.3 Å². The molecule has 4 rings (SSSR count). The number of ether oxygens (including phenoxy) is 2.